The first-order chi connectivity index (χ1) is 9.34. The highest BCUT2D eigenvalue weighted by Gasteiger charge is 2.33. The second-order valence-corrected chi connectivity index (χ2v) is 5.90. The van der Waals surface area contributed by atoms with Gasteiger partial charge < -0.3 is 14.4 Å². The van der Waals surface area contributed by atoms with E-state index in [0.717, 1.165) is 19.6 Å². The number of nitrogens with zero attached hydrogens (tertiary/aromatic N) is 2. The van der Waals surface area contributed by atoms with Gasteiger partial charge in [0.1, 0.15) is 6.61 Å². The molecular weight excluding hydrogens is 256 g/mol. The van der Waals surface area contributed by atoms with Crippen molar-refractivity contribution in [2.24, 2.45) is 0 Å². The van der Waals surface area contributed by atoms with E-state index < -0.39 is 0 Å². The highest BCUT2D eigenvalue weighted by Crippen LogP contribution is 2.20. The van der Waals surface area contributed by atoms with Crippen LogP contribution in [0.15, 0.2) is 0 Å². The summed E-state index contributed by atoms with van der Waals surface area (Å²) in [5.74, 6) is 5.96. The molecule has 0 aromatic carbocycles. The molecule has 0 aromatic heterocycles. The van der Waals surface area contributed by atoms with E-state index >= 15 is 0 Å². The van der Waals surface area contributed by atoms with Crippen molar-refractivity contribution in [3.63, 3.8) is 0 Å². The van der Waals surface area contributed by atoms with Crippen LogP contribution in [0, 0.1) is 11.8 Å². The van der Waals surface area contributed by atoms with E-state index in [1.54, 1.807) is 14.1 Å². The van der Waals surface area contributed by atoms with E-state index in [4.69, 9.17) is 9.47 Å². The third kappa shape index (κ3) is 5.91. The van der Waals surface area contributed by atoms with E-state index in [9.17, 15) is 4.79 Å². The molecule has 1 amide bonds. The molecule has 1 fully saturated rings. The van der Waals surface area contributed by atoms with Crippen molar-refractivity contribution in [3.8, 4) is 11.8 Å². The summed E-state index contributed by atoms with van der Waals surface area (Å²) < 4.78 is 11.4. The smallest absolute Gasteiger partial charge is 0.248 e. The van der Waals surface area contributed by atoms with E-state index in [1.165, 1.54) is 4.90 Å². The molecular formula is C15H26N2O3. The second kappa shape index (κ2) is 7.63. The van der Waals surface area contributed by atoms with Crippen LogP contribution in [0.5, 0.6) is 0 Å². The Morgan fingerprint density at radius 3 is 2.80 bits per heavy atom. The molecule has 5 nitrogen and oxygen atoms in total. The summed E-state index contributed by atoms with van der Waals surface area (Å²) in [5.41, 5.74) is -0.215. The fourth-order valence-corrected chi connectivity index (χ4v) is 2.22. The van der Waals surface area contributed by atoms with E-state index in [-0.39, 0.29) is 24.2 Å². The maximum absolute atomic E-state index is 11.4. The highest BCUT2D eigenvalue weighted by atomic mass is 16.5. The largest absolute Gasteiger partial charge is 0.369 e. The fraction of sp³-hybridized carbons (Fsp3) is 0.800. The molecule has 0 aliphatic carbocycles. The molecule has 0 N–H and O–H groups in total. The minimum absolute atomic E-state index is 0.0210. The molecule has 114 valence electrons. The molecule has 1 saturated heterocycles. The highest BCUT2D eigenvalue weighted by molar-refractivity contribution is 5.76. The van der Waals surface area contributed by atoms with Crippen molar-refractivity contribution in [3.05, 3.63) is 0 Å². The van der Waals surface area contributed by atoms with Crippen LogP contribution in [-0.4, -0.2) is 74.4 Å². The molecule has 5 heteroatoms. The number of hydrogen-bond donors (Lipinski definition) is 0. The minimum atomic E-state index is -0.215. The average Bonchev–Trinajstić information content (AvgIpc) is 2.34. The van der Waals surface area contributed by atoms with Crippen LogP contribution >= 0.6 is 0 Å². The Morgan fingerprint density at radius 2 is 2.20 bits per heavy atom. The molecule has 1 aliphatic heterocycles. The van der Waals surface area contributed by atoms with Crippen molar-refractivity contribution < 1.29 is 14.3 Å². The molecule has 0 radical (unpaired) electrons. The predicted molar refractivity (Wildman–Crippen MR) is 78.4 cm³/mol. The number of ether oxygens (including phenoxy) is 2. The quantitative estimate of drug-likeness (QED) is 0.692. The van der Waals surface area contributed by atoms with Gasteiger partial charge in [-0.25, -0.2) is 0 Å². The van der Waals surface area contributed by atoms with E-state index in [0.29, 0.717) is 6.61 Å². The Kier molecular flexibility index (Phi) is 6.47. The summed E-state index contributed by atoms with van der Waals surface area (Å²) in [7, 11) is 3.44. The van der Waals surface area contributed by atoms with Gasteiger partial charge in [0.15, 0.2) is 0 Å². The molecule has 0 spiro atoms. The monoisotopic (exact) mass is 282 g/mol. The molecule has 0 saturated carbocycles. The van der Waals surface area contributed by atoms with Gasteiger partial charge in [0, 0.05) is 27.2 Å². The molecule has 1 atom stereocenters. The molecule has 0 unspecified atom stereocenters. The van der Waals surface area contributed by atoms with Crippen LogP contribution < -0.4 is 0 Å². The summed E-state index contributed by atoms with van der Waals surface area (Å²) in [6.45, 7) is 8.90. The van der Waals surface area contributed by atoms with Gasteiger partial charge in [-0.3, -0.25) is 9.69 Å². The van der Waals surface area contributed by atoms with Gasteiger partial charge in [0.2, 0.25) is 5.91 Å². The van der Waals surface area contributed by atoms with Crippen LogP contribution in [0.25, 0.3) is 0 Å². The zero-order valence-electron chi connectivity index (χ0n) is 13.2. The zero-order valence-corrected chi connectivity index (χ0v) is 13.2. The van der Waals surface area contributed by atoms with Crippen molar-refractivity contribution in [2.45, 2.75) is 32.5 Å². The summed E-state index contributed by atoms with van der Waals surface area (Å²) in [4.78, 5) is 15.2. The SMILES string of the molecule is CC#CCN1C[C@H](COCC(=O)N(C)C)OC(C)(C)C1. The first kappa shape index (κ1) is 17.0. The number of carbonyl (C=O) groups excluding carboxylic acids is 1. The van der Waals surface area contributed by atoms with Gasteiger partial charge in [-0.2, -0.15) is 0 Å². The number of carbonyl (C=O) groups is 1. The van der Waals surface area contributed by atoms with Crippen LogP contribution in [0.4, 0.5) is 0 Å². The molecule has 20 heavy (non-hydrogen) atoms. The first-order valence-corrected chi connectivity index (χ1v) is 6.92. The maximum Gasteiger partial charge on any atom is 0.248 e. The first-order valence-electron chi connectivity index (χ1n) is 6.92. The molecule has 0 aromatic rings. The van der Waals surface area contributed by atoms with Crippen molar-refractivity contribution >= 4 is 5.91 Å². The van der Waals surface area contributed by atoms with Crippen molar-refractivity contribution in [1.29, 1.82) is 0 Å². The molecule has 1 rings (SSSR count). The minimum Gasteiger partial charge on any atom is -0.369 e. The van der Waals surface area contributed by atoms with Gasteiger partial charge in [0.25, 0.3) is 0 Å². The summed E-state index contributed by atoms with van der Waals surface area (Å²) >= 11 is 0. The van der Waals surface area contributed by atoms with Gasteiger partial charge in [0.05, 0.1) is 24.9 Å². The number of rotatable bonds is 5. The number of likely N-dealkylation sites (N-methyl/N-ethyl adjacent to an activating group) is 1. The van der Waals surface area contributed by atoms with Crippen LogP contribution in [0.2, 0.25) is 0 Å². The summed E-state index contributed by atoms with van der Waals surface area (Å²) in [6, 6.07) is 0. The lowest BCUT2D eigenvalue weighted by molar-refractivity contribution is -0.158. The Morgan fingerprint density at radius 1 is 1.50 bits per heavy atom. The number of hydrogen-bond acceptors (Lipinski definition) is 4. The standard InChI is InChI=1S/C15H26N2O3/c1-6-7-8-17-9-13(20-15(2,3)12-17)10-19-11-14(18)16(4)5/h13H,8-12H2,1-5H3/t13-/m1/s1. The molecule has 1 aliphatic rings. The molecule has 0 bridgehead atoms. The average molecular weight is 282 g/mol. The summed E-state index contributed by atoms with van der Waals surface area (Å²) in [6.07, 6.45) is -0.0210. The second-order valence-electron chi connectivity index (χ2n) is 5.90. The van der Waals surface area contributed by atoms with Gasteiger partial charge in [-0.1, -0.05) is 5.92 Å². The maximum atomic E-state index is 11.4. The third-order valence-electron chi connectivity index (χ3n) is 3.06. The van der Waals surface area contributed by atoms with E-state index in [1.807, 2.05) is 6.92 Å². The number of amides is 1. The van der Waals surface area contributed by atoms with Crippen molar-refractivity contribution in [1.82, 2.24) is 9.80 Å². The van der Waals surface area contributed by atoms with Crippen LogP contribution in [-0.2, 0) is 14.3 Å². The lowest BCUT2D eigenvalue weighted by Gasteiger charge is -2.42. The van der Waals surface area contributed by atoms with Crippen molar-refractivity contribution in [2.75, 3.05) is 46.9 Å². The normalized spacial score (nSPS) is 21.9. The van der Waals surface area contributed by atoms with Gasteiger partial charge in [-0.05, 0) is 20.8 Å². The Hall–Kier alpha value is -1.09. The third-order valence-corrected chi connectivity index (χ3v) is 3.06. The topological polar surface area (TPSA) is 42.0 Å². The fourth-order valence-electron chi connectivity index (χ4n) is 2.22. The Bertz CT molecular complexity index is 382. The lowest BCUT2D eigenvalue weighted by Crippen LogP contribution is -2.54. The van der Waals surface area contributed by atoms with Crippen LogP contribution in [0.3, 0.4) is 0 Å². The van der Waals surface area contributed by atoms with Crippen LogP contribution in [0.1, 0.15) is 20.8 Å². The lowest BCUT2D eigenvalue weighted by atomic mass is 10.1. The molecule has 1 heterocycles. The van der Waals surface area contributed by atoms with Gasteiger partial charge >= 0.3 is 0 Å². The number of morpholine rings is 1. The summed E-state index contributed by atoms with van der Waals surface area (Å²) in [5, 5.41) is 0. The predicted octanol–water partition coefficient (Wildman–Crippen LogP) is 0.594. The Balaban J connectivity index is 2.43. The van der Waals surface area contributed by atoms with Gasteiger partial charge in [-0.15, -0.1) is 5.92 Å². The Labute approximate surface area is 122 Å². The zero-order chi connectivity index (χ0) is 15.2. The van der Waals surface area contributed by atoms with E-state index in [2.05, 4.69) is 30.6 Å².